The third kappa shape index (κ3) is 7.33. The minimum Gasteiger partial charge on any atom is -0.395 e. The lowest BCUT2D eigenvalue weighted by atomic mass is 9.85. The molecule has 0 saturated heterocycles. The molecule has 3 nitrogen and oxygen atoms in total. The second kappa shape index (κ2) is 13.3. The van der Waals surface area contributed by atoms with Crippen LogP contribution in [0.4, 0.5) is 5.69 Å². The van der Waals surface area contributed by atoms with E-state index in [4.69, 9.17) is 0 Å². The van der Waals surface area contributed by atoms with E-state index in [1.165, 1.54) is 76.7 Å². The molecule has 196 valence electrons. The molecule has 0 spiro atoms. The van der Waals surface area contributed by atoms with Gasteiger partial charge in [0.15, 0.2) is 0 Å². The molecule has 1 fully saturated rings. The van der Waals surface area contributed by atoms with Crippen LogP contribution in [0.15, 0.2) is 48.1 Å². The highest BCUT2D eigenvalue weighted by molar-refractivity contribution is 5.68. The van der Waals surface area contributed by atoms with Gasteiger partial charge in [-0.2, -0.15) is 0 Å². The Balaban J connectivity index is 1.90. The number of aryl methyl sites for hydroxylation is 2. The molecule has 36 heavy (non-hydrogen) atoms. The number of aliphatic hydroxyl groups is 1. The summed E-state index contributed by atoms with van der Waals surface area (Å²) < 4.78 is 0. The lowest BCUT2D eigenvalue weighted by molar-refractivity contribution is 0.117. The van der Waals surface area contributed by atoms with Crippen molar-refractivity contribution in [3.63, 3.8) is 0 Å². The summed E-state index contributed by atoms with van der Waals surface area (Å²) in [6.07, 6.45) is 9.81. The monoisotopic (exact) mass is 488 g/mol. The van der Waals surface area contributed by atoms with Crippen LogP contribution in [0.3, 0.4) is 0 Å². The van der Waals surface area contributed by atoms with E-state index in [-0.39, 0.29) is 6.61 Å². The third-order valence-electron chi connectivity index (χ3n) is 7.94. The molecule has 0 amide bonds. The van der Waals surface area contributed by atoms with Crippen molar-refractivity contribution in [2.45, 2.75) is 85.7 Å². The first kappa shape index (κ1) is 28.2. The molecule has 0 heterocycles. The van der Waals surface area contributed by atoms with Crippen LogP contribution in [0.2, 0.25) is 0 Å². The van der Waals surface area contributed by atoms with Gasteiger partial charge in [-0.3, -0.25) is 4.90 Å². The number of allylic oxidation sites excluding steroid dienone is 2. The van der Waals surface area contributed by atoms with Gasteiger partial charge in [0.05, 0.1) is 6.61 Å². The molecule has 1 saturated carbocycles. The van der Waals surface area contributed by atoms with Crippen molar-refractivity contribution in [2.75, 3.05) is 25.5 Å². The van der Waals surface area contributed by atoms with Crippen molar-refractivity contribution >= 4 is 11.8 Å². The summed E-state index contributed by atoms with van der Waals surface area (Å²) in [5, 5.41) is 13.1. The molecular formula is C33H48N2O. The van der Waals surface area contributed by atoms with Crippen LogP contribution in [0, 0.1) is 26.7 Å². The Morgan fingerprint density at radius 3 is 2.44 bits per heavy atom. The highest BCUT2D eigenvalue weighted by Gasteiger charge is 2.22. The fourth-order valence-corrected chi connectivity index (χ4v) is 5.87. The molecule has 1 atom stereocenters. The van der Waals surface area contributed by atoms with E-state index in [1.807, 2.05) is 7.05 Å². The molecule has 2 N–H and O–H groups in total. The van der Waals surface area contributed by atoms with Crippen LogP contribution >= 0.6 is 0 Å². The maximum absolute atomic E-state index is 9.80. The van der Waals surface area contributed by atoms with Gasteiger partial charge in [0.2, 0.25) is 0 Å². The number of nitrogens with zero attached hydrogens (tertiary/aromatic N) is 1. The molecule has 1 aliphatic rings. The summed E-state index contributed by atoms with van der Waals surface area (Å²) in [5.74, 6) is 0.350. The molecule has 0 aliphatic heterocycles. The normalized spacial score (nSPS) is 15.8. The van der Waals surface area contributed by atoms with Crippen LogP contribution in [0.5, 0.6) is 0 Å². The largest absolute Gasteiger partial charge is 0.395 e. The van der Waals surface area contributed by atoms with Gasteiger partial charge in [-0.25, -0.2) is 0 Å². The lowest BCUT2D eigenvalue weighted by Crippen LogP contribution is -2.38. The standard InChI is InChI=1S/C33H48N2O/c1-23(2)32(21-29-18-25(4)19-33(34-7)27(29)6)26(5)20-28-14-13-24(3)17-30(28)22-35(15-16-36)31-11-9-8-10-12-31/h13-14,17-19,21,26,31,34,36H,1,8-12,15-16,20,22H2,2-7H3/b32-21+. The fourth-order valence-electron chi connectivity index (χ4n) is 5.87. The Morgan fingerprint density at radius 2 is 1.81 bits per heavy atom. The third-order valence-corrected chi connectivity index (χ3v) is 7.94. The van der Waals surface area contributed by atoms with Gasteiger partial charge in [-0.1, -0.05) is 74.2 Å². The summed E-state index contributed by atoms with van der Waals surface area (Å²) in [6.45, 7) is 17.3. The Kier molecular flexibility index (Phi) is 10.4. The van der Waals surface area contributed by atoms with Crippen LogP contribution in [0.1, 0.15) is 79.3 Å². The van der Waals surface area contributed by atoms with E-state index < -0.39 is 0 Å². The molecule has 0 radical (unpaired) electrons. The first-order valence-corrected chi connectivity index (χ1v) is 13.8. The van der Waals surface area contributed by atoms with Crippen molar-refractivity contribution < 1.29 is 5.11 Å². The fraction of sp³-hybridized carbons (Fsp3) is 0.515. The number of nitrogens with one attached hydrogen (secondary N) is 1. The second-order valence-corrected chi connectivity index (χ2v) is 11.0. The quantitative estimate of drug-likeness (QED) is 0.319. The average Bonchev–Trinajstić information content (AvgIpc) is 2.85. The number of hydrogen-bond acceptors (Lipinski definition) is 3. The SMILES string of the molecule is C=C(C)/C(=C\c1cc(C)cc(NC)c1C)C(C)Cc1ccc(C)cc1CN(CCO)C1CCCCC1. The first-order chi connectivity index (χ1) is 17.2. The molecule has 2 aromatic carbocycles. The van der Waals surface area contributed by atoms with Gasteiger partial charge >= 0.3 is 0 Å². The predicted octanol–water partition coefficient (Wildman–Crippen LogP) is 7.62. The maximum atomic E-state index is 9.80. The van der Waals surface area contributed by atoms with Gasteiger partial charge < -0.3 is 10.4 Å². The maximum Gasteiger partial charge on any atom is 0.0558 e. The minimum absolute atomic E-state index is 0.223. The van der Waals surface area contributed by atoms with Crippen LogP contribution in [0.25, 0.3) is 6.08 Å². The Morgan fingerprint density at radius 1 is 1.08 bits per heavy atom. The van der Waals surface area contributed by atoms with Crippen molar-refractivity contribution in [3.8, 4) is 0 Å². The smallest absolute Gasteiger partial charge is 0.0558 e. The van der Waals surface area contributed by atoms with Gasteiger partial charge in [-0.05, 0) is 92.3 Å². The van der Waals surface area contributed by atoms with E-state index in [9.17, 15) is 5.11 Å². The first-order valence-electron chi connectivity index (χ1n) is 13.8. The van der Waals surface area contributed by atoms with E-state index in [1.54, 1.807) is 0 Å². The zero-order valence-corrected chi connectivity index (χ0v) is 23.6. The number of rotatable bonds is 11. The van der Waals surface area contributed by atoms with Crippen molar-refractivity contribution in [1.29, 1.82) is 0 Å². The lowest BCUT2D eigenvalue weighted by Gasteiger charge is -2.34. The van der Waals surface area contributed by atoms with Crippen LogP contribution < -0.4 is 5.32 Å². The summed E-state index contributed by atoms with van der Waals surface area (Å²) in [6, 6.07) is 12.0. The average molecular weight is 489 g/mol. The summed E-state index contributed by atoms with van der Waals surface area (Å²) >= 11 is 0. The summed E-state index contributed by atoms with van der Waals surface area (Å²) in [5.41, 5.74) is 11.6. The highest BCUT2D eigenvalue weighted by Crippen LogP contribution is 2.31. The molecular weight excluding hydrogens is 440 g/mol. The van der Waals surface area contributed by atoms with E-state index in [0.29, 0.717) is 12.0 Å². The van der Waals surface area contributed by atoms with E-state index in [2.05, 4.69) is 87.8 Å². The van der Waals surface area contributed by atoms with Crippen LogP contribution in [-0.4, -0.2) is 36.2 Å². The molecule has 3 rings (SSSR count). The Labute approximate surface area is 220 Å². The van der Waals surface area contributed by atoms with Crippen molar-refractivity contribution in [3.05, 3.63) is 81.4 Å². The van der Waals surface area contributed by atoms with Crippen LogP contribution in [-0.2, 0) is 13.0 Å². The number of hydrogen-bond donors (Lipinski definition) is 2. The van der Waals surface area contributed by atoms with Crippen molar-refractivity contribution in [2.24, 2.45) is 5.92 Å². The second-order valence-electron chi connectivity index (χ2n) is 11.0. The van der Waals surface area contributed by atoms with Gasteiger partial charge in [0, 0.05) is 31.9 Å². The summed E-state index contributed by atoms with van der Waals surface area (Å²) in [4.78, 5) is 2.53. The van der Waals surface area contributed by atoms with E-state index in [0.717, 1.165) is 25.1 Å². The highest BCUT2D eigenvalue weighted by atomic mass is 16.3. The molecule has 0 aromatic heterocycles. The topological polar surface area (TPSA) is 35.5 Å². The molecule has 1 aliphatic carbocycles. The molecule has 2 aromatic rings. The zero-order chi connectivity index (χ0) is 26.2. The molecule has 3 heteroatoms. The minimum atomic E-state index is 0.223. The molecule has 1 unspecified atom stereocenters. The van der Waals surface area contributed by atoms with Crippen molar-refractivity contribution in [1.82, 2.24) is 4.90 Å². The number of benzene rings is 2. The van der Waals surface area contributed by atoms with E-state index >= 15 is 0 Å². The predicted molar refractivity (Wildman–Crippen MR) is 157 cm³/mol. The summed E-state index contributed by atoms with van der Waals surface area (Å²) in [7, 11) is 1.99. The Bertz CT molecular complexity index is 1060. The van der Waals surface area contributed by atoms with Gasteiger partial charge in [-0.15, -0.1) is 0 Å². The van der Waals surface area contributed by atoms with Gasteiger partial charge in [0.25, 0.3) is 0 Å². The van der Waals surface area contributed by atoms with Gasteiger partial charge in [0.1, 0.15) is 0 Å². The zero-order valence-electron chi connectivity index (χ0n) is 23.6. The Hall–Kier alpha value is -2.36. The number of aliphatic hydroxyl groups excluding tert-OH is 1. The molecule has 0 bridgehead atoms. The number of anilines is 1.